The van der Waals surface area contributed by atoms with Gasteiger partial charge in [0, 0.05) is 19.2 Å². The van der Waals surface area contributed by atoms with Crippen molar-refractivity contribution < 1.29 is 14.6 Å². The Kier molecular flexibility index (Phi) is 8.02. The summed E-state index contributed by atoms with van der Waals surface area (Å²) in [4.78, 5) is 11.4. The Balaban J connectivity index is 1.86. The third kappa shape index (κ3) is 9.87. The van der Waals surface area contributed by atoms with Crippen LogP contribution in [-0.4, -0.2) is 49.5 Å². The van der Waals surface area contributed by atoms with E-state index >= 15 is 0 Å². The zero-order chi connectivity index (χ0) is 14.1. The minimum Gasteiger partial charge on any atom is -0.389 e. The zero-order valence-corrected chi connectivity index (χ0v) is 12.2. The third-order valence-corrected chi connectivity index (χ3v) is 2.99. The Morgan fingerprint density at radius 2 is 2.16 bits per heavy atom. The van der Waals surface area contributed by atoms with Crippen LogP contribution < -0.4 is 10.6 Å². The van der Waals surface area contributed by atoms with Crippen LogP contribution in [0.2, 0.25) is 0 Å². The first kappa shape index (κ1) is 16.4. The van der Waals surface area contributed by atoms with Crippen LogP contribution in [0.15, 0.2) is 0 Å². The number of carbonyl (C=O) groups excluding carboxylic acids is 1. The molecule has 0 aromatic carbocycles. The lowest BCUT2D eigenvalue weighted by molar-refractivity contribution is -0.120. The lowest BCUT2D eigenvalue weighted by atomic mass is 10.1. The van der Waals surface area contributed by atoms with Crippen LogP contribution in [0.25, 0.3) is 0 Å². The van der Waals surface area contributed by atoms with Crippen LogP contribution in [0.5, 0.6) is 0 Å². The van der Waals surface area contributed by atoms with E-state index in [0.717, 1.165) is 25.7 Å². The second-order valence-corrected chi connectivity index (χ2v) is 5.74. The van der Waals surface area contributed by atoms with Gasteiger partial charge in [0.25, 0.3) is 0 Å². The first-order valence-electron chi connectivity index (χ1n) is 7.33. The van der Waals surface area contributed by atoms with Gasteiger partial charge in [-0.05, 0) is 31.6 Å². The summed E-state index contributed by atoms with van der Waals surface area (Å²) in [6.07, 6.45) is 3.82. The van der Waals surface area contributed by atoms with Gasteiger partial charge in [0.05, 0.1) is 19.3 Å². The summed E-state index contributed by atoms with van der Waals surface area (Å²) in [6, 6.07) is 0.392. The summed E-state index contributed by atoms with van der Waals surface area (Å²) < 4.78 is 5.39. The number of rotatable bonds is 11. The highest BCUT2D eigenvalue weighted by Crippen LogP contribution is 2.18. The van der Waals surface area contributed by atoms with Crippen LogP contribution in [0.4, 0.5) is 0 Å². The van der Waals surface area contributed by atoms with Crippen LogP contribution in [0, 0.1) is 5.92 Å². The van der Waals surface area contributed by atoms with Crippen molar-refractivity contribution in [2.75, 3.05) is 26.3 Å². The monoisotopic (exact) mass is 272 g/mol. The average molecular weight is 272 g/mol. The van der Waals surface area contributed by atoms with Crippen molar-refractivity contribution in [1.29, 1.82) is 0 Å². The molecule has 3 N–H and O–H groups in total. The molecule has 0 aromatic heterocycles. The van der Waals surface area contributed by atoms with Crippen molar-refractivity contribution >= 4 is 5.91 Å². The Labute approximate surface area is 116 Å². The molecular formula is C14H28N2O3. The molecule has 1 fully saturated rings. The number of hydrogen-bond donors (Lipinski definition) is 3. The van der Waals surface area contributed by atoms with Gasteiger partial charge in [-0.25, -0.2) is 0 Å². The molecule has 1 aliphatic carbocycles. The van der Waals surface area contributed by atoms with E-state index in [1.807, 2.05) is 0 Å². The van der Waals surface area contributed by atoms with E-state index in [0.29, 0.717) is 31.7 Å². The molecule has 1 atom stereocenters. The normalized spacial score (nSPS) is 16.6. The van der Waals surface area contributed by atoms with Gasteiger partial charge in [-0.15, -0.1) is 0 Å². The number of ether oxygens (including phenoxy) is 1. The van der Waals surface area contributed by atoms with Gasteiger partial charge < -0.3 is 20.5 Å². The van der Waals surface area contributed by atoms with Gasteiger partial charge in [0.1, 0.15) is 0 Å². The lowest BCUT2D eigenvalue weighted by Crippen LogP contribution is -2.39. The molecule has 1 amide bonds. The fourth-order valence-electron chi connectivity index (χ4n) is 1.73. The average Bonchev–Trinajstić information content (AvgIpc) is 3.12. The first-order chi connectivity index (χ1) is 9.08. The van der Waals surface area contributed by atoms with Crippen LogP contribution in [-0.2, 0) is 9.53 Å². The van der Waals surface area contributed by atoms with Crippen molar-refractivity contribution in [2.45, 2.75) is 51.7 Å². The molecule has 0 radical (unpaired) electrons. The molecule has 1 aliphatic rings. The summed E-state index contributed by atoms with van der Waals surface area (Å²) in [7, 11) is 0. The van der Waals surface area contributed by atoms with Gasteiger partial charge in [-0.2, -0.15) is 0 Å². The highest BCUT2D eigenvalue weighted by Gasteiger charge is 2.22. The molecule has 0 saturated heterocycles. The van der Waals surface area contributed by atoms with Crippen molar-refractivity contribution in [1.82, 2.24) is 10.6 Å². The van der Waals surface area contributed by atoms with E-state index in [-0.39, 0.29) is 12.5 Å². The first-order valence-corrected chi connectivity index (χ1v) is 7.33. The fraction of sp³-hybridized carbons (Fsp3) is 0.929. The number of hydrogen-bond acceptors (Lipinski definition) is 4. The van der Waals surface area contributed by atoms with Crippen molar-refractivity contribution in [2.24, 2.45) is 5.92 Å². The standard InChI is InChI=1S/C14H28N2O3/c1-11(2)4-3-7-19-10-13(17)8-15-9-14(18)16-12-5-6-12/h11-13,15,17H,3-10H2,1-2H3,(H,16,18). The van der Waals surface area contributed by atoms with Crippen molar-refractivity contribution in [3.63, 3.8) is 0 Å². The maximum Gasteiger partial charge on any atom is 0.234 e. The molecule has 1 saturated carbocycles. The largest absolute Gasteiger partial charge is 0.389 e. The predicted octanol–water partition coefficient (Wildman–Crippen LogP) is 0.668. The molecule has 0 bridgehead atoms. The molecule has 0 heterocycles. The lowest BCUT2D eigenvalue weighted by Gasteiger charge is -2.12. The molecule has 0 spiro atoms. The zero-order valence-electron chi connectivity index (χ0n) is 12.2. The Bertz CT molecular complexity index is 255. The number of aliphatic hydroxyl groups is 1. The topological polar surface area (TPSA) is 70.6 Å². The number of amides is 1. The molecule has 19 heavy (non-hydrogen) atoms. The molecule has 1 unspecified atom stereocenters. The second-order valence-electron chi connectivity index (χ2n) is 5.74. The SMILES string of the molecule is CC(C)CCCOCC(O)CNCC(=O)NC1CC1. The number of carbonyl (C=O) groups is 1. The predicted molar refractivity (Wildman–Crippen MR) is 74.9 cm³/mol. The molecule has 112 valence electrons. The molecule has 0 aromatic rings. The van der Waals surface area contributed by atoms with Crippen LogP contribution in [0.1, 0.15) is 39.5 Å². The van der Waals surface area contributed by atoms with Gasteiger partial charge in [0.2, 0.25) is 5.91 Å². The quantitative estimate of drug-likeness (QED) is 0.483. The Morgan fingerprint density at radius 3 is 2.79 bits per heavy atom. The molecular weight excluding hydrogens is 244 g/mol. The van der Waals surface area contributed by atoms with Crippen LogP contribution in [0.3, 0.4) is 0 Å². The van der Waals surface area contributed by atoms with E-state index in [9.17, 15) is 9.90 Å². The van der Waals surface area contributed by atoms with E-state index in [1.165, 1.54) is 0 Å². The fourth-order valence-corrected chi connectivity index (χ4v) is 1.73. The summed E-state index contributed by atoms with van der Waals surface area (Å²) in [5, 5.41) is 15.5. The summed E-state index contributed by atoms with van der Waals surface area (Å²) in [5.41, 5.74) is 0. The van der Waals surface area contributed by atoms with Crippen molar-refractivity contribution in [3.8, 4) is 0 Å². The molecule has 0 aliphatic heterocycles. The van der Waals surface area contributed by atoms with E-state index < -0.39 is 6.10 Å². The Hall–Kier alpha value is -0.650. The minimum atomic E-state index is -0.548. The van der Waals surface area contributed by atoms with Gasteiger partial charge in [0.15, 0.2) is 0 Å². The minimum absolute atomic E-state index is 0.00699. The highest BCUT2D eigenvalue weighted by atomic mass is 16.5. The smallest absolute Gasteiger partial charge is 0.234 e. The summed E-state index contributed by atoms with van der Waals surface area (Å²) in [6.45, 7) is 6.05. The third-order valence-electron chi connectivity index (χ3n) is 2.99. The van der Waals surface area contributed by atoms with E-state index in [2.05, 4.69) is 24.5 Å². The summed E-state index contributed by atoms with van der Waals surface area (Å²) >= 11 is 0. The maximum absolute atomic E-state index is 11.4. The summed E-state index contributed by atoms with van der Waals surface area (Å²) in [5.74, 6) is 0.702. The van der Waals surface area contributed by atoms with Crippen LogP contribution >= 0.6 is 0 Å². The second kappa shape index (κ2) is 9.28. The van der Waals surface area contributed by atoms with E-state index in [1.54, 1.807) is 0 Å². The molecule has 5 heteroatoms. The highest BCUT2D eigenvalue weighted by molar-refractivity contribution is 5.78. The maximum atomic E-state index is 11.4. The Morgan fingerprint density at radius 1 is 1.42 bits per heavy atom. The van der Waals surface area contributed by atoms with E-state index in [4.69, 9.17) is 4.74 Å². The number of aliphatic hydroxyl groups excluding tert-OH is 1. The number of nitrogens with one attached hydrogen (secondary N) is 2. The van der Waals surface area contributed by atoms with Crippen molar-refractivity contribution in [3.05, 3.63) is 0 Å². The molecule has 5 nitrogen and oxygen atoms in total. The van der Waals surface area contributed by atoms with Gasteiger partial charge >= 0.3 is 0 Å². The molecule has 1 rings (SSSR count). The van der Waals surface area contributed by atoms with Gasteiger partial charge in [-0.1, -0.05) is 13.8 Å². The van der Waals surface area contributed by atoms with Gasteiger partial charge in [-0.3, -0.25) is 4.79 Å².